The molecule has 1 aliphatic rings. The van der Waals surface area contributed by atoms with Gasteiger partial charge in [0.05, 0.1) is 17.2 Å². The van der Waals surface area contributed by atoms with E-state index in [1.807, 2.05) is 43.9 Å². The first kappa shape index (κ1) is 17.0. The van der Waals surface area contributed by atoms with Gasteiger partial charge in [0.1, 0.15) is 5.82 Å². The minimum absolute atomic E-state index is 0.212. The SMILES string of the molecule is CC(C)(C)C(=O)N1CCCN(c2cnc3cc(Cl)ccc3n2)CC1. The molecule has 128 valence electrons. The monoisotopic (exact) mass is 346 g/mol. The molecule has 0 bridgehead atoms. The number of hydrogen-bond donors (Lipinski definition) is 0. The molecule has 6 heteroatoms. The van der Waals surface area contributed by atoms with Crippen LogP contribution in [0.3, 0.4) is 0 Å². The van der Waals surface area contributed by atoms with Gasteiger partial charge < -0.3 is 9.80 Å². The molecule has 0 saturated carbocycles. The van der Waals surface area contributed by atoms with Crippen LogP contribution in [0.5, 0.6) is 0 Å². The maximum atomic E-state index is 12.5. The minimum atomic E-state index is -0.336. The third kappa shape index (κ3) is 3.61. The molecule has 0 atom stereocenters. The van der Waals surface area contributed by atoms with E-state index in [-0.39, 0.29) is 11.3 Å². The van der Waals surface area contributed by atoms with Crippen molar-refractivity contribution in [2.45, 2.75) is 27.2 Å². The average Bonchev–Trinajstić information content (AvgIpc) is 2.78. The van der Waals surface area contributed by atoms with Gasteiger partial charge >= 0.3 is 0 Å². The number of carbonyl (C=O) groups is 1. The number of benzene rings is 1. The summed E-state index contributed by atoms with van der Waals surface area (Å²) in [4.78, 5) is 25.8. The normalized spacial score (nSPS) is 16.3. The van der Waals surface area contributed by atoms with Crippen LogP contribution in [-0.2, 0) is 4.79 Å². The molecule has 1 aromatic carbocycles. The second-order valence-electron chi connectivity index (χ2n) is 7.24. The molecule has 1 amide bonds. The molecule has 1 aromatic heterocycles. The molecule has 2 heterocycles. The van der Waals surface area contributed by atoms with Crippen molar-refractivity contribution in [1.29, 1.82) is 0 Å². The fraction of sp³-hybridized carbons (Fsp3) is 0.500. The van der Waals surface area contributed by atoms with E-state index in [1.54, 1.807) is 6.20 Å². The summed E-state index contributed by atoms with van der Waals surface area (Å²) < 4.78 is 0. The largest absolute Gasteiger partial charge is 0.353 e. The van der Waals surface area contributed by atoms with Gasteiger partial charge in [-0.05, 0) is 24.6 Å². The Morgan fingerprint density at radius 1 is 1.12 bits per heavy atom. The first-order valence-corrected chi connectivity index (χ1v) is 8.69. The maximum absolute atomic E-state index is 12.5. The summed E-state index contributed by atoms with van der Waals surface area (Å²) in [5.41, 5.74) is 1.30. The Labute approximate surface area is 147 Å². The lowest BCUT2D eigenvalue weighted by molar-refractivity contribution is -0.139. The zero-order valence-electron chi connectivity index (χ0n) is 14.4. The molecule has 0 spiro atoms. The highest BCUT2D eigenvalue weighted by Crippen LogP contribution is 2.22. The van der Waals surface area contributed by atoms with Crippen molar-refractivity contribution in [1.82, 2.24) is 14.9 Å². The molecule has 0 N–H and O–H groups in total. The quantitative estimate of drug-likeness (QED) is 0.794. The van der Waals surface area contributed by atoms with Crippen LogP contribution in [0, 0.1) is 5.41 Å². The minimum Gasteiger partial charge on any atom is -0.353 e. The summed E-state index contributed by atoms with van der Waals surface area (Å²) in [5, 5.41) is 0.663. The van der Waals surface area contributed by atoms with Gasteiger partial charge in [0.25, 0.3) is 0 Å². The summed E-state index contributed by atoms with van der Waals surface area (Å²) in [6.45, 7) is 9.07. The Morgan fingerprint density at radius 2 is 1.92 bits per heavy atom. The lowest BCUT2D eigenvalue weighted by Crippen LogP contribution is -2.41. The molecule has 3 rings (SSSR count). The predicted octanol–water partition coefficient (Wildman–Crippen LogP) is 3.37. The Morgan fingerprint density at radius 3 is 2.67 bits per heavy atom. The highest BCUT2D eigenvalue weighted by atomic mass is 35.5. The van der Waals surface area contributed by atoms with Crippen molar-refractivity contribution in [2.75, 3.05) is 31.1 Å². The van der Waals surface area contributed by atoms with Crippen LogP contribution in [0.25, 0.3) is 11.0 Å². The van der Waals surface area contributed by atoms with E-state index in [2.05, 4.69) is 9.88 Å². The summed E-state index contributed by atoms with van der Waals surface area (Å²) in [6, 6.07) is 5.54. The van der Waals surface area contributed by atoms with Crippen LogP contribution in [0.4, 0.5) is 5.82 Å². The highest BCUT2D eigenvalue weighted by molar-refractivity contribution is 6.31. The third-order valence-corrected chi connectivity index (χ3v) is 4.48. The lowest BCUT2D eigenvalue weighted by atomic mass is 9.94. The summed E-state index contributed by atoms with van der Waals surface area (Å²) in [5.74, 6) is 1.07. The molecule has 1 fully saturated rings. The van der Waals surface area contributed by atoms with Gasteiger partial charge in [-0.1, -0.05) is 32.4 Å². The predicted molar refractivity (Wildman–Crippen MR) is 97.4 cm³/mol. The average molecular weight is 347 g/mol. The zero-order chi connectivity index (χ0) is 17.3. The van der Waals surface area contributed by atoms with Gasteiger partial charge in [0.15, 0.2) is 0 Å². The Hall–Kier alpha value is -1.88. The zero-order valence-corrected chi connectivity index (χ0v) is 15.2. The number of fused-ring (bicyclic) bond motifs is 1. The second-order valence-corrected chi connectivity index (χ2v) is 7.68. The molecular formula is C18H23ClN4O. The Bertz CT molecular complexity index is 756. The maximum Gasteiger partial charge on any atom is 0.228 e. The molecule has 0 aliphatic carbocycles. The van der Waals surface area contributed by atoms with Crippen LogP contribution < -0.4 is 4.90 Å². The smallest absolute Gasteiger partial charge is 0.228 e. The van der Waals surface area contributed by atoms with Crippen LogP contribution >= 0.6 is 11.6 Å². The fourth-order valence-electron chi connectivity index (χ4n) is 2.95. The molecule has 1 aliphatic heterocycles. The number of nitrogens with zero attached hydrogens (tertiary/aromatic N) is 4. The number of aromatic nitrogens is 2. The van der Waals surface area contributed by atoms with Crippen LogP contribution in [0.15, 0.2) is 24.4 Å². The van der Waals surface area contributed by atoms with Crippen molar-refractivity contribution < 1.29 is 4.79 Å². The second kappa shape index (κ2) is 6.55. The van der Waals surface area contributed by atoms with E-state index in [0.29, 0.717) is 5.02 Å². The van der Waals surface area contributed by atoms with Gasteiger partial charge in [-0.2, -0.15) is 0 Å². The van der Waals surface area contributed by atoms with Crippen molar-refractivity contribution in [3.63, 3.8) is 0 Å². The molecule has 24 heavy (non-hydrogen) atoms. The van der Waals surface area contributed by atoms with E-state index >= 15 is 0 Å². The van der Waals surface area contributed by atoms with Gasteiger partial charge in [0, 0.05) is 36.6 Å². The molecule has 1 saturated heterocycles. The van der Waals surface area contributed by atoms with E-state index in [1.165, 1.54) is 0 Å². The number of halogens is 1. The summed E-state index contributed by atoms with van der Waals surface area (Å²) in [7, 11) is 0. The van der Waals surface area contributed by atoms with E-state index in [0.717, 1.165) is 49.5 Å². The molecule has 0 unspecified atom stereocenters. The van der Waals surface area contributed by atoms with Crippen LogP contribution in [0.1, 0.15) is 27.2 Å². The number of rotatable bonds is 1. The lowest BCUT2D eigenvalue weighted by Gasteiger charge is -2.28. The van der Waals surface area contributed by atoms with Crippen LogP contribution in [0.2, 0.25) is 5.02 Å². The topological polar surface area (TPSA) is 49.3 Å². The number of hydrogen-bond acceptors (Lipinski definition) is 4. The van der Waals surface area contributed by atoms with Crippen molar-refractivity contribution >= 4 is 34.4 Å². The van der Waals surface area contributed by atoms with Gasteiger partial charge in [-0.15, -0.1) is 0 Å². The van der Waals surface area contributed by atoms with Crippen molar-refractivity contribution in [3.05, 3.63) is 29.4 Å². The summed E-state index contributed by atoms with van der Waals surface area (Å²) in [6.07, 6.45) is 2.72. The highest BCUT2D eigenvalue weighted by Gasteiger charge is 2.28. The molecule has 5 nitrogen and oxygen atoms in total. The molecular weight excluding hydrogens is 324 g/mol. The standard InChI is InChI=1S/C18H23ClN4O/c1-18(2,3)17(24)23-8-4-7-22(9-10-23)16-12-20-15-11-13(19)5-6-14(15)21-16/h5-6,11-12H,4,7-10H2,1-3H3. The molecule has 2 aromatic rings. The van der Waals surface area contributed by atoms with Gasteiger partial charge in [-0.3, -0.25) is 9.78 Å². The fourth-order valence-corrected chi connectivity index (χ4v) is 3.12. The van der Waals surface area contributed by atoms with Gasteiger partial charge in [-0.25, -0.2) is 4.98 Å². The van der Waals surface area contributed by atoms with Crippen molar-refractivity contribution in [3.8, 4) is 0 Å². The van der Waals surface area contributed by atoms with Crippen molar-refractivity contribution in [2.24, 2.45) is 5.41 Å². The first-order chi connectivity index (χ1) is 11.3. The van der Waals surface area contributed by atoms with Gasteiger partial charge in [0.2, 0.25) is 5.91 Å². The number of carbonyl (C=O) groups excluding carboxylic acids is 1. The van der Waals surface area contributed by atoms with E-state index in [4.69, 9.17) is 16.6 Å². The Kier molecular flexibility index (Phi) is 4.63. The molecule has 0 radical (unpaired) electrons. The summed E-state index contributed by atoms with van der Waals surface area (Å²) >= 11 is 6.00. The number of anilines is 1. The third-order valence-electron chi connectivity index (χ3n) is 4.24. The Balaban J connectivity index is 1.76. The van der Waals surface area contributed by atoms with E-state index in [9.17, 15) is 4.79 Å². The number of amides is 1. The van der Waals surface area contributed by atoms with E-state index < -0.39 is 0 Å². The van der Waals surface area contributed by atoms with Crippen LogP contribution in [-0.4, -0.2) is 47.0 Å². The first-order valence-electron chi connectivity index (χ1n) is 8.31.